The van der Waals surface area contributed by atoms with Crippen LogP contribution in [0.15, 0.2) is 60.7 Å². The van der Waals surface area contributed by atoms with E-state index in [1.54, 1.807) is 6.07 Å². The van der Waals surface area contributed by atoms with Crippen LogP contribution in [0, 0.1) is 0 Å². The molecule has 0 saturated heterocycles. The minimum absolute atomic E-state index is 0.0915. The van der Waals surface area contributed by atoms with Gasteiger partial charge >= 0.3 is 6.18 Å². The van der Waals surface area contributed by atoms with E-state index in [1.807, 2.05) is 0 Å². The standard InChI is InChI=1S/C18H15F3N2O2/c1-12(24)22-14-7-9-15(10-8-14)23-17(25)11-16(18(19,20)21)13-5-3-2-4-6-13/h2-11H,1H3,(H,22,24)(H,23,25)/b16-11+. The first-order valence-corrected chi connectivity index (χ1v) is 7.28. The fourth-order valence-corrected chi connectivity index (χ4v) is 2.10. The van der Waals surface area contributed by atoms with Crippen LogP contribution in [-0.2, 0) is 9.59 Å². The van der Waals surface area contributed by atoms with Crippen molar-refractivity contribution in [3.05, 3.63) is 66.2 Å². The van der Waals surface area contributed by atoms with Gasteiger partial charge in [0.2, 0.25) is 11.8 Å². The zero-order valence-corrected chi connectivity index (χ0v) is 13.2. The summed E-state index contributed by atoms with van der Waals surface area (Å²) in [5, 5.41) is 4.91. The lowest BCUT2D eigenvalue weighted by atomic mass is 10.1. The molecule has 2 aromatic rings. The molecule has 0 saturated carbocycles. The summed E-state index contributed by atoms with van der Waals surface area (Å²) in [6, 6.07) is 13.1. The third-order valence-electron chi connectivity index (χ3n) is 3.14. The summed E-state index contributed by atoms with van der Waals surface area (Å²) in [7, 11) is 0. The Labute approximate surface area is 142 Å². The second kappa shape index (κ2) is 7.65. The third-order valence-corrected chi connectivity index (χ3v) is 3.14. The van der Waals surface area contributed by atoms with Gasteiger partial charge in [0.1, 0.15) is 0 Å². The molecule has 0 radical (unpaired) electrons. The number of alkyl halides is 3. The topological polar surface area (TPSA) is 58.2 Å². The molecule has 4 nitrogen and oxygen atoms in total. The van der Waals surface area contributed by atoms with E-state index in [9.17, 15) is 22.8 Å². The molecule has 0 aliphatic rings. The largest absolute Gasteiger partial charge is 0.417 e. The predicted molar refractivity (Wildman–Crippen MR) is 89.8 cm³/mol. The molecule has 2 aromatic carbocycles. The molecule has 0 aliphatic carbocycles. The molecule has 130 valence electrons. The maximum atomic E-state index is 13.2. The van der Waals surface area contributed by atoms with Crippen LogP contribution in [0.25, 0.3) is 5.57 Å². The highest BCUT2D eigenvalue weighted by atomic mass is 19.4. The number of anilines is 2. The minimum atomic E-state index is -4.66. The van der Waals surface area contributed by atoms with Crippen molar-refractivity contribution in [2.75, 3.05) is 10.6 Å². The van der Waals surface area contributed by atoms with Gasteiger partial charge in [0.05, 0.1) is 5.57 Å². The lowest BCUT2D eigenvalue weighted by Gasteiger charge is -2.12. The number of halogens is 3. The Morgan fingerprint density at radius 1 is 0.880 bits per heavy atom. The van der Waals surface area contributed by atoms with E-state index in [-0.39, 0.29) is 11.5 Å². The molecule has 25 heavy (non-hydrogen) atoms. The second-order valence-corrected chi connectivity index (χ2v) is 5.17. The van der Waals surface area contributed by atoms with Gasteiger partial charge in [0, 0.05) is 24.4 Å². The van der Waals surface area contributed by atoms with Crippen molar-refractivity contribution in [2.45, 2.75) is 13.1 Å². The molecule has 2 amide bonds. The SMILES string of the molecule is CC(=O)Nc1ccc(NC(=O)/C=C(\c2ccccc2)C(F)(F)F)cc1. The van der Waals surface area contributed by atoms with Gasteiger partial charge < -0.3 is 10.6 Å². The number of hydrogen-bond acceptors (Lipinski definition) is 2. The number of benzene rings is 2. The van der Waals surface area contributed by atoms with Gasteiger partial charge in [0.15, 0.2) is 0 Å². The molecule has 0 aliphatic heterocycles. The lowest BCUT2D eigenvalue weighted by Crippen LogP contribution is -2.16. The molecule has 2 rings (SSSR count). The predicted octanol–water partition coefficient (Wildman–Crippen LogP) is 4.23. The number of rotatable bonds is 4. The minimum Gasteiger partial charge on any atom is -0.326 e. The van der Waals surface area contributed by atoms with Crippen molar-refractivity contribution in [3.63, 3.8) is 0 Å². The monoisotopic (exact) mass is 348 g/mol. The Bertz CT molecular complexity index is 782. The van der Waals surface area contributed by atoms with Gasteiger partial charge in [-0.15, -0.1) is 0 Å². The van der Waals surface area contributed by atoms with E-state index in [2.05, 4.69) is 10.6 Å². The molecule has 7 heteroatoms. The maximum absolute atomic E-state index is 13.2. The smallest absolute Gasteiger partial charge is 0.326 e. The number of carbonyl (C=O) groups excluding carboxylic acids is 2. The highest BCUT2D eigenvalue weighted by Gasteiger charge is 2.35. The molecular weight excluding hydrogens is 333 g/mol. The van der Waals surface area contributed by atoms with Crippen LogP contribution in [0.1, 0.15) is 12.5 Å². The fraction of sp³-hybridized carbons (Fsp3) is 0.111. The average molecular weight is 348 g/mol. The fourth-order valence-electron chi connectivity index (χ4n) is 2.10. The van der Waals surface area contributed by atoms with Gasteiger partial charge in [0.25, 0.3) is 0 Å². The number of hydrogen-bond donors (Lipinski definition) is 2. The Kier molecular flexibility index (Phi) is 5.59. The van der Waals surface area contributed by atoms with Crippen LogP contribution >= 0.6 is 0 Å². The Morgan fingerprint density at radius 2 is 1.40 bits per heavy atom. The maximum Gasteiger partial charge on any atom is 0.417 e. The highest BCUT2D eigenvalue weighted by molar-refractivity contribution is 6.04. The van der Waals surface area contributed by atoms with Crippen LogP contribution in [0.5, 0.6) is 0 Å². The summed E-state index contributed by atoms with van der Waals surface area (Å²) < 4.78 is 39.6. The molecule has 0 spiro atoms. The molecule has 0 heterocycles. The van der Waals surface area contributed by atoms with Crippen LogP contribution in [0.2, 0.25) is 0 Å². The van der Waals surface area contributed by atoms with E-state index in [4.69, 9.17) is 0 Å². The molecule has 0 unspecified atom stereocenters. The van der Waals surface area contributed by atoms with Crippen molar-refractivity contribution < 1.29 is 22.8 Å². The van der Waals surface area contributed by atoms with Gasteiger partial charge in [-0.1, -0.05) is 30.3 Å². The van der Waals surface area contributed by atoms with Crippen molar-refractivity contribution >= 4 is 28.8 Å². The van der Waals surface area contributed by atoms with Crippen LogP contribution < -0.4 is 10.6 Å². The average Bonchev–Trinajstić information content (AvgIpc) is 2.54. The second-order valence-electron chi connectivity index (χ2n) is 5.17. The van der Waals surface area contributed by atoms with Gasteiger partial charge in [-0.25, -0.2) is 0 Å². The Balaban J connectivity index is 2.18. The first-order valence-electron chi connectivity index (χ1n) is 7.28. The van der Waals surface area contributed by atoms with E-state index < -0.39 is 17.7 Å². The van der Waals surface area contributed by atoms with Crippen molar-refractivity contribution in [1.82, 2.24) is 0 Å². The normalized spacial score (nSPS) is 11.8. The van der Waals surface area contributed by atoms with E-state index >= 15 is 0 Å². The van der Waals surface area contributed by atoms with Crippen molar-refractivity contribution in [2.24, 2.45) is 0 Å². The number of nitrogens with one attached hydrogen (secondary N) is 2. The first-order chi connectivity index (χ1) is 11.8. The highest BCUT2D eigenvalue weighted by Crippen LogP contribution is 2.33. The Hall–Kier alpha value is -3.09. The quantitative estimate of drug-likeness (QED) is 0.813. The van der Waals surface area contributed by atoms with E-state index in [0.29, 0.717) is 17.5 Å². The molecule has 2 N–H and O–H groups in total. The van der Waals surface area contributed by atoms with Gasteiger partial charge in [-0.3, -0.25) is 9.59 Å². The first kappa shape index (κ1) is 18.3. The van der Waals surface area contributed by atoms with E-state index in [1.165, 1.54) is 55.5 Å². The summed E-state index contributed by atoms with van der Waals surface area (Å²) in [5.41, 5.74) is -0.294. The zero-order valence-electron chi connectivity index (χ0n) is 13.2. The van der Waals surface area contributed by atoms with Crippen LogP contribution in [0.4, 0.5) is 24.5 Å². The summed E-state index contributed by atoms with van der Waals surface area (Å²) in [4.78, 5) is 22.9. The third kappa shape index (κ3) is 5.49. The van der Waals surface area contributed by atoms with Crippen molar-refractivity contribution in [1.29, 1.82) is 0 Å². The lowest BCUT2D eigenvalue weighted by molar-refractivity contribution is -0.114. The van der Waals surface area contributed by atoms with E-state index in [0.717, 1.165) is 0 Å². The molecule has 0 fully saturated rings. The molecular formula is C18H15F3N2O2. The summed E-state index contributed by atoms with van der Waals surface area (Å²) in [5.74, 6) is -1.15. The summed E-state index contributed by atoms with van der Waals surface area (Å²) >= 11 is 0. The molecule has 0 aromatic heterocycles. The molecule has 0 atom stereocenters. The van der Waals surface area contributed by atoms with Gasteiger partial charge in [-0.05, 0) is 29.8 Å². The molecule has 0 bridgehead atoms. The summed E-state index contributed by atoms with van der Waals surface area (Å²) in [6.45, 7) is 1.35. The Morgan fingerprint density at radius 3 is 1.88 bits per heavy atom. The summed E-state index contributed by atoms with van der Waals surface area (Å²) in [6.07, 6.45) is -4.13. The number of carbonyl (C=O) groups is 2. The zero-order chi connectivity index (χ0) is 18.4. The van der Waals surface area contributed by atoms with Crippen LogP contribution in [-0.4, -0.2) is 18.0 Å². The van der Waals surface area contributed by atoms with Gasteiger partial charge in [-0.2, -0.15) is 13.2 Å². The number of amides is 2. The van der Waals surface area contributed by atoms with Crippen molar-refractivity contribution in [3.8, 4) is 0 Å². The number of allylic oxidation sites excluding steroid dienone is 1. The van der Waals surface area contributed by atoms with Crippen LogP contribution in [0.3, 0.4) is 0 Å².